The Morgan fingerprint density at radius 3 is 2.64 bits per heavy atom. The van der Waals surface area contributed by atoms with Crippen LogP contribution < -0.4 is 0 Å². The summed E-state index contributed by atoms with van der Waals surface area (Å²) in [5, 5.41) is 9.24. The fourth-order valence-electron chi connectivity index (χ4n) is 0.883. The molecule has 1 aliphatic heterocycles. The number of ether oxygens (including phenoxy) is 1. The van der Waals surface area contributed by atoms with Crippen molar-refractivity contribution in [1.29, 1.82) is 0 Å². The Bertz CT molecular complexity index is 238. The van der Waals surface area contributed by atoms with Gasteiger partial charge >= 0.3 is 5.97 Å². The summed E-state index contributed by atoms with van der Waals surface area (Å²) in [6, 6.07) is 0. The highest BCUT2D eigenvalue weighted by atomic mass is 16.6. The van der Waals surface area contributed by atoms with Gasteiger partial charge in [0.1, 0.15) is 5.76 Å². The van der Waals surface area contributed by atoms with Gasteiger partial charge < -0.3 is 9.84 Å². The van der Waals surface area contributed by atoms with Crippen molar-refractivity contribution in [3.63, 3.8) is 0 Å². The third-order valence-corrected chi connectivity index (χ3v) is 1.56. The number of carbonyl (C=O) groups is 1. The summed E-state index contributed by atoms with van der Waals surface area (Å²) in [7, 11) is 0. The summed E-state index contributed by atoms with van der Waals surface area (Å²) in [5.41, 5.74) is 0.299. The number of allylic oxidation sites excluding steroid dienone is 1. The molecule has 0 aromatic rings. The van der Waals surface area contributed by atoms with Crippen molar-refractivity contribution in [2.45, 2.75) is 20.0 Å². The van der Waals surface area contributed by atoms with Crippen LogP contribution in [0.15, 0.2) is 23.5 Å². The van der Waals surface area contributed by atoms with Crippen LogP contribution in [0.3, 0.4) is 0 Å². The number of aliphatic hydroxyl groups excluding tert-OH is 1. The molecule has 3 heteroatoms. The van der Waals surface area contributed by atoms with Crippen molar-refractivity contribution in [2.24, 2.45) is 0 Å². The van der Waals surface area contributed by atoms with Gasteiger partial charge in [-0.05, 0) is 19.9 Å². The first-order valence-corrected chi connectivity index (χ1v) is 3.40. The number of esters is 1. The lowest BCUT2D eigenvalue weighted by molar-refractivity contribution is -0.138. The largest absolute Gasteiger partial charge is 0.507 e. The lowest BCUT2D eigenvalue weighted by atomic mass is 10.2. The molecule has 1 unspecified atom stereocenters. The summed E-state index contributed by atoms with van der Waals surface area (Å²) in [6.07, 6.45) is 2.80. The lowest BCUT2D eigenvalue weighted by Gasteiger charge is -2.02. The first-order valence-electron chi connectivity index (χ1n) is 3.40. The van der Waals surface area contributed by atoms with Crippen LogP contribution >= 0.6 is 0 Å². The second-order valence-corrected chi connectivity index (χ2v) is 2.36. The molecule has 60 valence electrons. The van der Waals surface area contributed by atoms with Crippen LogP contribution in [-0.4, -0.2) is 17.2 Å². The van der Waals surface area contributed by atoms with Gasteiger partial charge in [0.2, 0.25) is 0 Å². The highest BCUT2D eigenvalue weighted by Crippen LogP contribution is 2.20. The molecule has 1 N–H and O–H groups in total. The molecule has 1 heterocycles. The Morgan fingerprint density at radius 1 is 1.64 bits per heavy atom. The summed E-state index contributed by atoms with van der Waals surface area (Å²) < 4.78 is 4.78. The van der Waals surface area contributed by atoms with Gasteiger partial charge in [-0.1, -0.05) is 6.08 Å². The molecule has 3 nitrogen and oxygen atoms in total. The van der Waals surface area contributed by atoms with Crippen LogP contribution in [0.2, 0.25) is 0 Å². The normalized spacial score (nSPS) is 24.9. The van der Waals surface area contributed by atoms with E-state index in [0.29, 0.717) is 5.57 Å². The fourth-order valence-corrected chi connectivity index (χ4v) is 0.883. The molecular formula is C8H10O3. The van der Waals surface area contributed by atoms with Crippen molar-refractivity contribution >= 4 is 5.97 Å². The van der Waals surface area contributed by atoms with Crippen molar-refractivity contribution < 1.29 is 14.6 Å². The van der Waals surface area contributed by atoms with E-state index in [9.17, 15) is 9.90 Å². The molecule has 0 aromatic carbocycles. The molecule has 0 aliphatic carbocycles. The van der Waals surface area contributed by atoms with Gasteiger partial charge in [0.05, 0.1) is 5.57 Å². The molecule has 1 rings (SSSR count). The van der Waals surface area contributed by atoms with Crippen molar-refractivity contribution in [3.05, 3.63) is 23.5 Å². The predicted octanol–water partition coefficient (Wildman–Crippen LogP) is 1.32. The maximum absolute atomic E-state index is 10.8. The molecular weight excluding hydrogens is 144 g/mol. The second-order valence-electron chi connectivity index (χ2n) is 2.36. The standard InChI is InChI=1S/C8H10O3/c1-3-4-6-7(9)5(2)8(10)11-6/h3-4,6,9H,1-2H3. The molecule has 0 aromatic heterocycles. The topological polar surface area (TPSA) is 46.5 Å². The summed E-state index contributed by atoms with van der Waals surface area (Å²) in [4.78, 5) is 10.8. The van der Waals surface area contributed by atoms with Crippen LogP contribution in [0.5, 0.6) is 0 Å². The van der Waals surface area contributed by atoms with Crippen LogP contribution in [-0.2, 0) is 9.53 Å². The maximum atomic E-state index is 10.8. The van der Waals surface area contributed by atoms with E-state index in [1.807, 2.05) is 0 Å². The van der Waals surface area contributed by atoms with Gasteiger partial charge in [-0.2, -0.15) is 0 Å². The Morgan fingerprint density at radius 2 is 2.27 bits per heavy atom. The highest BCUT2D eigenvalue weighted by molar-refractivity contribution is 5.91. The summed E-state index contributed by atoms with van der Waals surface area (Å²) >= 11 is 0. The van der Waals surface area contributed by atoms with Crippen LogP contribution in [0.1, 0.15) is 13.8 Å². The fraction of sp³-hybridized carbons (Fsp3) is 0.375. The molecule has 1 atom stereocenters. The van der Waals surface area contributed by atoms with Crippen molar-refractivity contribution in [3.8, 4) is 0 Å². The van der Waals surface area contributed by atoms with E-state index < -0.39 is 12.1 Å². The van der Waals surface area contributed by atoms with E-state index in [-0.39, 0.29) is 5.76 Å². The van der Waals surface area contributed by atoms with Crippen molar-refractivity contribution in [1.82, 2.24) is 0 Å². The summed E-state index contributed by atoms with van der Waals surface area (Å²) in [5.74, 6) is -0.418. The van der Waals surface area contributed by atoms with E-state index >= 15 is 0 Å². The van der Waals surface area contributed by atoms with Gasteiger partial charge in [-0.25, -0.2) is 4.79 Å². The first-order chi connectivity index (χ1) is 5.16. The Labute approximate surface area is 65.0 Å². The molecule has 1 aliphatic rings. The van der Waals surface area contributed by atoms with E-state index in [2.05, 4.69) is 0 Å². The smallest absolute Gasteiger partial charge is 0.338 e. The predicted molar refractivity (Wildman–Crippen MR) is 40.0 cm³/mol. The zero-order chi connectivity index (χ0) is 8.43. The average molecular weight is 154 g/mol. The Kier molecular flexibility index (Phi) is 1.98. The van der Waals surface area contributed by atoms with E-state index in [1.165, 1.54) is 0 Å². The first kappa shape index (κ1) is 7.85. The molecule has 0 amide bonds. The number of carbonyl (C=O) groups excluding carboxylic acids is 1. The van der Waals surface area contributed by atoms with Gasteiger partial charge in [-0.15, -0.1) is 0 Å². The van der Waals surface area contributed by atoms with Gasteiger partial charge in [0.25, 0.3) is 0 Å². The molecule has 0 saturated heterocycles. The molecule has 0 saturated carbocycles. The lowest BCUT2D eigenvalue weighted by Crippen LogP contribution is -2.07. The zero-order valence-electron chi connectivity index (χ0n) is 6.50. The maximum Gasteiger partial charge on any atom is 0.338 e. The van der Waals surface area contributed by atoms with Gasteiger partial charge in [0.15, 0.2) is 6.10 Å². The highest BCUT2D eigenvalue weighted by Gasteiger charge is 2.28. The minimum Gasteiger partial charge on any atom is -0.507 e. The molecule has 0 bridgehead atoms. The Hall–Kier alpha value is -1.25. The number of hydrogen-bond donors (Lipinski definition) is 1. The number of rotatable bonds is 1. The minimum atomic E-state index is -0.563. The third kappa shape index (κ3) is 1.27. The number of aliphatic hydroxyl groups is 1. The molecule has 11 heavy (non-hydrogen) atoms. The third-order valence-electron chi connectivity index (χ3n) is 1.56. The number of hydrogen-bond acceptors (Lipinski definition) is 3. The quantitative estimate of drug-likeness (QED) is 0.457. The molecule has 0 fully saturated rings. The van der Waals surface area contributed by atoms with E-state index in [1.54, 1.807) is 26.0 Å². The van der Waals surface area contributed by atoms with Crippen LogP contribution in [0.25, 0.3) is 0 Å². The minimum absolute atomic E-state index is 0.0214. The van der Waals surface area contributed by atoms with E-state index in [4.69, 9.17) is 4.74 Å². The number of cyclic esters (lactones) is 1. The van der Waals surface area contributed by atoms with Crippen LogP contribution in [0, 0.1) is 0 Å². The SMILES string of the molecule is CC=CC1OC(=O)C(C)=C1O. The monoisotopic (exact) mass is 154 g/mol. The van der Waals surface area contributed by atoms with E-state index in [0.717, 1.165) is 0 Å². The zero-order valence-corrected chi connectivity index (χ0v) is 6.50. The molecule has 0 radical (unpaired) electrons. The van der Waals surface area contributed by atoms with Crippen molar-refractivity contribution in [2.75, 3.05) is 0 Å². The molecule has 0 spiro atoms. The summed E-state index contributed by atoms with van der Waals surface area (Å²) in [6.45, 7) is 3.34. The average Bonchev–Trinajstić information content (AvgIpc) is 2.19. The van der Waals surface area contributed by atoms with Crippen LogP contribution in [0.4, 0.5) is 0 Å². The second kappa shape index (κ2) is 2.78. The van der Waals surface area contributed by atoms with Gasteiger partial charge in [-0.3, -0.25) is 0 Å². The Balaban J connectivity index is 2.85. The van der Waals surface area contributed by atoms with Gasteiger partial charge in [0, 0.05) is 0 Å².